The van der Waals surface area contributed by atoms with Crippen LogP contribution in [0.1, 0.15) is 5.56 Å². The van der Waals surface area contributed by atoms with Gasteiger partial charge in [0.1, 0.15) is 0 Å². The Bertz CT molecular complexity index is 584. The number of carbonyl (C=O) groups excluding carboxylic acids is 2. The van der Waals surface area contributed by atoms with Crippen LogP contribution in [0.2, 0.25) is 0 Å². The maximum Gasteiger partial charge on any atom is 0.294 e. The number of benzene rings is 1. The van der Waals surface area contributed by atoms with Gasteiger partial charge in [0.25, 0.3) is 11.1 Å². The highest BCUT2D eigenvalue weighted by atomic mass is 32.2. The minimum absolute atomic E-state index is 0.0212. The van der Waals surface area contributed by atoms with Gasteiger partial charge < -0.3 is 0 Å². The molecule has 1 heterocycles. The normalized spacial score (nSPS) is 17.1. The molecule has 19 heavy (non-hydrogen) atoms. The van der Waals surface area contributed by atoms with Crippen molar-refractivity contribution in [1.29, 1.82) is 0 Å². The second-order valence-corrected chi connectivity index (χ2v) is 5.62. The van der Waals surface area contributed by atoms with Crippen molar-refractivity contribution in [1.82, 2.24) is 4.90 Å². The van der Waals surface area contributed by atoms with E-state index in [4.69, 9.17) is 6.42 Å². The van der Waals surface area contributed by atoms with E-state index < -0.39 is 0 Å². The monoisotopic (exact) mass is 289 g/mol. The first-order chi connectivity index (χ1) is 9.15. The van der Waals surface area contributed by atoms with Crippen LogP contribution in [-0.2, 0) is 4.79 Å². The van der Waals surface area contributed by atoms with Crippen LogP contribution in [0.4, 0.5) is 4.79 Å². The molecule has 2 rings (SSSR count). The topological polar surface area (TPSA) is 37.4 Å². The second-order valence-electron chi connectivity index (χ2n) is 3.75. The molecular formula is C14H11NO2S2. The summed E-state index contributed by atoms with van der Waals surface area (Å²) in [5.41, 5.74) is 0.893. The number of terminal acetylenes is 1. The van der Waals surface area contributed by atoms with Gasteiger partial charge in [0.15, 0.2) is 0 Å². The van der Waals surface area contributed by atoms with Crippen molar-refractivity contribution < 1.29 is 9.59 Å². The predicted octanol–water partition coefficient (Wildman–Crippen LogP) is 3.08. The molecular weight excluding hydrogens is 278 g/mol. The van der Waals surface area contributed by atoms with Gasteiger partial charge in [-0.3, -0.25) is 14.5 Å². The van der Waals surface area contributed by atoms with Gasteiger partial charge in [-0.05, 0) is 41.8 Å². The average Bonchev–Trinajstić information content (AvgIpc) is 2.68. The average molecular weight is 289 g/mol. The molecule has 1 aromatic rings. The molecule has 1 aromatic carbocycles. The third kappa shape index (κ3) is 3.03. The van der Waals surface area contributed by atoms with E-state index in [1.165, 1.54) is 0 Å². The lowest BCUT2D eigenvalue weighted by molar-refractivity contribution is -0.122. The molecule has 96 valence electrons. The summed E-state index contributed by atoms with van der Waals surface area (Å²) in [6.45, 7) is 0.0212. The summed E-state index contributed by atoms with van der Waals surface area (Å²) in [5, 5.41) is -0.310. The smallest absolute Gasteiger partial charge is 0.268 e. The van der Waals surface area contributed by atoms with Crippen molar-refractivity contribution >= 4 is 40.7 Å². The van der Waals surface area contributed by atoms with Gasteiger partial charge in [-0.15, -0.1) is 18.2 Å². The molecule has 1 fully saturated rings. The molecule has 3 nitrogen and oxygen atoms in total. The van der Waals surface area contributed by atoms with Gasteiger partial charge in [-0.25, -0.2) is 0 Å². The molecule has 0 aromatic heterocycles. The maximum atomic E-state index is 11.9. The SMILES string of the molecule is C#CCN1C(=O)SC(=Cc2ccc(SC)cc2)C1=O. The Kier molecular flexibility index (Phi) is 4.35. The molecule has 0 radical (unpaired) electrons. The van der Waals surface area contributed by atoms with Crippen molar-refractivity contribution in [3.8, 4) is 12.3 Å². The predicted molar refractivity (Wildman–Crippen MR) is 79.7 cm³/mol. The fraction of sp³-hybridized carbons (Fsp3) is 0.143. The Balaban J connectivity index is 2.22. The van der Waals surface area contributed by atoms with Crippen LogP contribution in [0.15, 0.2) is 34.1 Å². The maximum absolute atomic E-state index is 11.9. The lowest BCUT2D eigenvalue weighted by Crippen LogP contribution is -2.28. The van der Waals surface area contributed by atoms with Crippen LogP contribution >= 0.6 is 23.5 Å². The van der Waals surface area contributed by atoms with E-state index in [1.807, 2.05) is 30.5 Å². The second kappa shape index (κ2) is 6.00. The highest BCUT2D eigenvalue weighted by molar-refractivity contribution is 8.18. The van der Waals surface area contributed by atoms with Crippen LogP contribution in [-0.4, -0.2) is 28.8 Å². The minimum atomic E-state index is -0.318. The van der Waals surface area contributed by atoms with E-state index in [-0.39, 0.29) is 17.7 Å². The number of rotatable bonds is 3. The summed E-state index contributed by atoms with van der Waals surface area (Å²) >= 11 is 2.58. The van der Waals surface area contributed by atoms with Crippen molar-refractivity contribution in [3.63, 3.8) is 0 Å². The molecule has 1 aliphatic rings. The third-order valence-corrected chi connectivity index (χ3v) is 4.19. The molecule has 1 aliphatic heterocycles. The summed E-state index contributed by atoms with van der Waals surface area (Å²) < 4.78 is 0. The van der Waals surface area contributed by atoms with Gasteiger partial charge in [-0.1, -0.05) is 18.1 Å². The molecule has 0 aliphatic carbocycles. The van der Waals surface area contributed by atoms with Crippen LogP contribution in [0.25, 0.3) is 6.08 Å². The Labute approximate surface area is 120 Å². The van der Waals surface area contributed by atoms with E-state index >= 15 is 0 Å². The van der Waals surface area contributed by atoms with Gasteiger partial charge >= 0.3 is 0 Å². The summed E-state index contributed by atoms with van der Waals surface area (Å²) in [5.74, 6) is 1.99. The van der Waals surface area contributed by atoms with Gasteiger partial charge in [-0.2, -0.15) is 0 Å². The standard InChI is InChI=1S/C14H11NO2S2/c1-3-8-15-13(16)12(19-14(15)17)9-10-4-6-11(18-2)7-5-10/h1,4-7,9H,8H2,2H3. The fourth-order valence-corrected chi connectivity index (χ4v) is 2.83. The number of hydrogen-bond donors (Lipinski definition) is 0. The van der Waals surface area contributed by atoms with E-state index in [0.717, 1.165) is 27.1 Å². The van der Waals surface area contributed by atoms with E-state index in [2.05, 4.69) is 5.92 Å². The van der Waals surface area contributed by atoms with Crippen molar-refractivity contribution in [2.45, 2.75) is 4.90 Å². The summed E-state index contributed by atoms with van der Waals surface area (Å²) in [4.78, 5) is 26.2. The van der Waals surface area contributed by atoms with E-state index in [9.17, 15) is 9.59 Å². The van der Waals surface area contributed by atoms with Crippen molar-refractivity contribution in [2.75, 3.05) is 12.8 Å². The Morgan fingerprint density at radius 1 is 1.37 bits per heavy atom. The number of thioether (sulfide) groups is 2. The number of amides is 2. The molecule has 0 spiro atoms. The fourth-order valence-electron chi connectivity index (χ4n) is 1.58. The number of carbonyl (C=O) groups is 2. The van der Waals surface area contributed by atoms with Gasteiger partial charge in [0.2, 0.25) is 0 Å². The number of nitrogens with zero attached hydrogens (tertiary/aromatic N) is 1. The third-order valence-electron chi connectivity index (χ3n) is 2.54. The molecule has 0 atom stereocenters. The van der Waals surface area contributed by atoms with Crippen LogP contribution in [0.3, 0.4) is 0 Å². The van der Waals surface area contributed by atoms with Crippen LogP contribution < -0.4 is 0 Å². The first-order valence-electron chi connectivity index (χ1n) is 5.48. The van der Waals surface area contributed by atoms with Crippen LogP contribution in [0, 0.1) is 12.3 Å². The summed E-state index contributed by atoms with van der Waals surface area (Å²) in [7, 11) is 0. The minimum Gasteiger partial charge on any atom is -0.268 e. The molecule has 0 unspecified atom stereocenters. The highest BCUT2D eigenvalue weighted by Crippen LogP contribution is 2.32. The molecule has 5 heteroatoms. The highest BCUT2D eigenvalue weighted by Gasteiger charge is 2.34. The zero-order valence-corrected chi connectivity index (χ0v) is 11.9. The molecule has 1 saturated heterocycles. The van der Waals surface area contributed by atoms with Gasteiger partial charge in [0, 0.05) is 4.90 Å². The lowest BCUT2D eigenvalue weighted by Gasteiger charge is -2.06. The summed E-state index contributed by atoms with van der Waals surface area (Å²) in [6, 6.07) is 7.78. The van der Waals surface area contributed by atoms with E-state index in [1.54, 1.807) is 17.8 Å². The lowest BCUT2D eigenvalue weighted by atomic mass is 10.2. The number of imide groups is 1. The first kappa shape index (κ1) is 13.8. The van der Waals surface area contributed by atoms with Crippen molar-refractivity contribution in [3.05, 3.63) is 34.7 Å². The molecule has 0 saturated carbocycles. The Morgan fingerprint density at radius 2 is 2.05 bits per heavy atom. The largest absolute Gasteiger partial charge is 0.294 e. The molecule has 0 N–H and O–H groups in total. The zero-order chi connectivity index (χ0) is 13.8. The Hall–Kier alpha value is -1.64. The van der Waals surface area contributed by atoms with E-state index in [0.29, 0.717) is 4.91 Å². The van der Waals surface area contributed by atoms with Crippen LogP contribution in [0.5, 0.6) is 0 Å². The first-order valence-corrected chi connectivity index (χ1v) is 7.52. The van der Waals surface area contributed by atoms with Crippen molar-refractivity contribution in [2.24, 2.45) is 0 Å². The summed E-state index contributed by atoms with van der Waals surface area (Å²) in [6.07, 6.45) is 8.85. The molecule has 0 bridgehead atoms. The van der Waals surface area contributed by atoms with Gasteiger partial charge in [0.05, 0.1) is 11.4 Å². The number of hydrogen-bond acceptors (Lipinski definition) is 4. The zero-order valence-electron chi connectivity index (χ0n) is 10.3. The molecule has 2 amide bonds. The Morgan fingerprint density at radius 3 is 2.63 bits per heavy atom. The quantitative estimate of drug-likeness (QED) is 0.487.